The fraction of sp³-hybridized carbons (Fsp3) is 0.750. The van der Waals surface area contributed by atoms with Gasteiger partial charge in [0, 0.05) is 6.54 Å². The van der Waals surface area contributed by atoms with Crippen LogP contribution in [0.4, 0.5) is 0 Å². The predicted octanol–water partition coefficient (Wildman–Crippen LogP) is -0.956. The minimum Gasteiger partial charge on any atom is -0.756 e. The van der Waals surface area contributed by atoms with Gasteiger partial charge in [0.1, 0.15) is 0 Å². The van der Waals surface area contributed by atoms with E-state index in [1.54, 1.807) is 0 Å². The first-order valence-electron chi connectivity index (χ1n) is 2.46. The molecule has 0 radical (unpaired) electrons. The molecule has 0 aromatic carbocycles. The van der Waals surface area contributed by atoms with Crippen LogP contribution in [0.2, 0.25) is 0 Å². The van der Waals surface area contributed by atoms with E-state index in [1.807, 2.05) is 0 Å². The molecule has 1 heterocycles. The monoisotopic (exact) mass is 115 g/mol. The first-order valence-corrected chi connectivity index (χ1v) is 2.46. The van der Waals surface area contributed by atoms with Gasteiger partial charge in [-0.3, -0.25) is 4.79 Å². The van der Waals surface area contributed by atoms with Crippen molar-refractivity contribution >= 4 is 5.91 Å². The minimum absolute atomic E-state index is 0.264. The summed E-state index contributed by atoms with van der Waals surface area (Å²) in [6.45, 7) is 0.264. The van der Waals surface area contributed by atoms with Crippen molar-refractivity contribution in [2.45, 2.75) is 12.5 Å². The van der Waals surface area contributed by atoms with E-state index >= 15 is 0 Å². The third-order valence-electron chi connectivity index (χ3n) is 1.21. The van der Waals surface area contributed by atoms with Crippen molar-refractivity contribution in [3.8, 4) is 0 Å². The van der Waals surface area contributed by atoms with E-state index in [-0.39, 0.29) is 6.54 Å². The second-order valence-corrected chi connectivity index (χ2v) is 1.84. The zero-order chi connectivity index (χ0) is 6.15. The molecule has 1 aliphatic heterocycles. The molecule has 0 bridgehead atoms. The van der Waals surface area contributed by atoms with Crippen LogP contribution in [0.5, 0.6) is 0 Å². The lowest BCUT2D eigenvalue weighted by molar-refractivity contribution is -0.126. The second-order valence-electron chi connectivity index (χ2n) is 1.84. The molecule has 1 unspecified atom stereocenters. The molecule has 1 saturated heterocycles. The summed E-state index contributed by atoms with van der Waals surface area (Å²) < 4.78 is 0. The molecule has 1 amide bonds. The normalized spacial score (nSPS) is 29.5. The first kappa shape index (κ1) is 5.53. The van der Waals surface area contributed by atoms with Crippen LogP contribution in [0.3, 0.4) is 0 Å². The zero-order valence-corrected chi connectivity index (χ0v) is 4.33. The van der Waals surface area contributed by atoms with Crippen LogP contribution in [0.15, 0.2) is 0 Å². The lowest BCUT2D eigenvalue weighted by Gasteiger charge is -2.20. The maximum atomic E-state index is 10.4. The molecule has 1 aliphatic rings. The van der Waals surface area contributed by atoms with E-state index in [1.165, 1.54) is 0 Å². The molecule has 1 fully saturated rings. The van der Waals surface area contributed by atoms with Gasteiger partial charge < -0.3 is 16.0 Å². The van der Waals surface area contributed by atoms with Gasteiger partial charge >= 0.3 is 0 Å². The summed E-state index contributed by atoms with van der Waals surface area (Å²) in [5.74, 6) is -0.481. The molecular formula is C4H7N2O2-. The maximum Gasteiger partial charge on any atom is 0.229 e. The van der Waals surface area contributed by atoms with Crippen LogP contribution in [-0.4, -0.2) is 23.6 Å². The highest BCUT2D eigenvalue weighted by atomic mass is 16.5. The highest BCUT2D eigenvalue weighted by molar-refractivity contribution is 5.83. The number of nitrogens with zero attached hydrogens (tertiary/aromatic N) is 1. The molecule has 8 heavy (non-hydrogen) atoms. The van der Waals surface area contributed by atoms with Gasteiger partial charge in [0.15, 0.2) is 0 Å². The SMILES string of the molecule is NC1CCN([O-])C1=O. The fourth-order valence-electron chi connectivity index (χ4n) is 0.675. The lowest BCUT2D eigenvalue weighted by atomic mass is 10.3. The number of rotatable bonds is 0. The van der Waals surface area contributed by atoms with Gasteiger partial charge in [0.25, 0.3) is 0 Å². The summed E-state index contributed by atoms with van der Waals surface area (Å²) in [5.41, 5.74) is 5.18. The van der Waals surface area contributed by atoms with E-state index in [4.69, 9.17) is 5.73 Å². The summed E-state index contributed by atoms with van der Waals surface area (Å²) >= 11 is 0. The molecule has 4 nitrogen and oxygen atoms in total. The molecule has 0 aliphatic carbocycles. The Hall–Kier alpha value is -0.610. The lowest BCUT2D eigenvalue weighted by Crippen LogP contribution is -2.30. The minimum atomic E-state index is -0.535. The van der Waals surface area contributed by atoms with Crippen LogP contribution in [0.25, 0.3) is 0 Å². The van der Waals surface area contributed by atoms with Crippen molar-refractivity contribution in [3.63, 3.8) is 0 Å². The molecular weight excluding hydrogens is 108 g/mol. The van der Waals surface area contributed by atoms with Gasteiger partial charge in [-0.1, -0.05) is 0 Å². The van der Waals surface area contributed by atoms with Gasteiger partial charge in [0.05, 0.1) is 6.04 Å². The number of hydrogen-bond donors (Lipinski definition) is 1. The van der Waals surface area contributed by atoms with E-state index < -0.39 is 11.9 Å². The van der Waals surface area contributed by atoms with Crippen molar-refractivity contribution in [2.24, 2.45) is 5.73 Å². The Balaban J connectivity index is 2.57. The van der Waals surface area contributed by atoms with E-state index in [2.05, 4.69) is 0 Å². The average Bonchev–Trinajstić information content (AvgIpc) is 1.98. The van der Waals surface area contributed by atoms with Crippen LogP contribution < -0.4 is 5.73 Å². The van der Waals surface area contributed by atoms with Crippen molar-refractivity contribution in [2.75, 3.05) is 6.54 Å². The van der Waals surface area contributed by atoms with Crippen LogP contribution >= 0.6 is 0 Å². The predicted molar refractivity (Wildman–Crippen MR) is 27.7 cm³/mol. The Kier molecular flexibility index (Phi) is 1.19. The zero-order valence-electron chi connectivity index (χ0n) is 4.33. The summed E-state index contributed by atoms with van der Waals surface area (Å²) in [5, 5.41) is 10.7. The topological polar surface area (TPSA) is 69.4 Å². The number of hydrogen-bond acceptors (Lipinski definition) is 3. The molecule has 2 N–H and O–H groups in total. The van der Waals surface area contributed by atoms with Crippen LogP contribution in [-0.2, 0) is 4.79 Å². The average molecular weight is 115 g/mol. The summed E-state index contributed by atoms with van der Waals surface area (Å²) in [4.78, 5) is 10.4. The Morgan fingerprint density at radius 2 is 2.50 bits per heavy atom. The first-order chi connectivity index (χ1) is 3.72. The number of nitrogens with two attached hydrogens (primary N) is 1. The quantitative estimate of drug-likeness (QED) is 0.442. The molecule has 0 aromatic rings. The van der Waals surface area contributed by atoms with E-state index in [0.29, 0.717) is 11.5 Å². The largest absolute Gasteiger partial charge is 0.756 e. The maximum absolute atomic E-state index is 10.4. The van der Waals surface area contributed by atoms with Gasteiger partial charge in [-0.2, -0.15) is 0 Å². The van der Waals surface area contributed by atoms with Crippen molar-refractivity contribution < 1.29 is 4.79 Å². The van der Waals surface area contributed by atoms with Gasteiger partial charge in [0.2, 0.25) is 5.91 Å². The molecule has 0 spiro atoms. The number of hydroxylamine groups is 2. The molecule has 0 saturated carbocycles. The van der Waals surface area contributed by atoms with Crippen molar-refractivity contribution in [3.05, 3.63) is 5.21 Å². The van der Waals surface area contributed by atoms with Crippen LogP contribution in [0, 0.1) is 5.21 Å². The number of carbonyl (C=O) groups is 1. The smallest absolute Gasteiger partial charge is 0.229 e. The third kappa shape index (κ3) is 0.677. The summed E-state index contributed by atoms with van der Waals surface area (Å²) in [6, 6.07) is -0.535. The van der Waals surface area contributed by atoms with Crippen molar-refractivity contribution in [1.82, 2.24) is 5.06 Å². The number of carbonyl (C=O) groups excluding carboxylic acids is 1. The molecule has 0 aromatic heterocycles. The van der Waals surface area contributed by atoms with Gasteiger partial charge in [-0.05, 0) is 6.42 Å². The Bertz CT molecular complexity index is 103. The van der Waals surface area contributed by atoms with Gasteiger partial charge in [-0.15, -0.1) is 0 Å². The fourth-order valence-corrected chi connectivity index (χ4v) is 0.675. The second kappa shape index (κ2) is 1.72. The molecule has 1 atom stereocenters. The molecule has 1 rings (SSSR count). The van der Waals surface area contributed by atoms with Crippen LogP contribution in [0.1, 0.15) is 6.42 Å². The highest BCUT2D eigenvalue weighted by Gasteiger charge is 2.21. The van der Waals surface area contributed by atoms with Crippen molar-refractivity contribution in [1.29, 1.82) is 0 Å². The third-order valence-corrected chi connectivity index (χ3v) is 1.21. The van der Waals surface area contributed by atoms with E-state index in [0.717, 1.165) is 0 Å². The summed E-state index contributed by atoms with van der Waals surface area (Å²) in [7, 11) is 0. The highest BCUT2D eigenvalue weighted by Crippen LogP contribution is 2.05. The Labute approximate surface area is 46.8 Å². The summed E-state index contributed by atoms with van der Waals surface area (Å²) in [6.07, 6.45) is 0.502. The Morgan fingerprint density at radius 3 is 2.62 bits per heavy atom. The standard InChI is InChI=1S/C4H7N2O2/c5-3-1-2-6(8)4(3)7/h3H,1-2,5H2/q-1. The molecule has 46 valence electrons. The molecule has 4 heteroatoms. The van der Waals surface area contributed by atoms with Gasteiger partial charge in [-0.25, -0.2) is 0 Å². The Morgan fingerprint density at radius 1 is 1.88 bits per heavy atom. The van der Waals surface area contributed by atoms with E-state index in [9.17, 15) is 10.0 Å². The number of amides is 1.